The van der Waals surface area contributed by atoms with Crippen molar-refractivity contribution < 1.29 is 4.39 Å². The van der Waals surface area contributed by atoms with Crippen LogP contribution in [0.15, 0.2) is 42.5 Å². The molecule has 0 saturated carbocycles. The molecule has 0 bridgehead atoms. The molecule has 4 nitrogen and oxygen atoms in total. The third-order valence-electron chi connectivity index (χ3n) is 4.14. The molecule has 112 valence electrons. The average molecular weight is 361 g/mol. The van der Waals surface area contributed by atoms with Gasteiger partial charge in [-0.3, -0.25) is 4.98 Å². The van der Waals surface area contributed by atoms with Gasteiger partial charge in [-0.25, -0.2) is 14.4 Å². The van der Waals surface area contributed by atoms with Gasteiger partial charge >= 0.3 is 0 Å². The highest BCUT2D eigenvalue weighted by atomic mass is 79.9. The van der Waals surface area contributed by atoms with Crippen LogP contribution in [0.5, 0.6) is 0 Å². The molecule has 0 spiro atoms. The van der Waals surface area contributed by atoms with E-state index in [1.807, 2.05) is 19.1 Å². The second kappa shape index (κ2) is 4.84. The number of hydrogen-bond donors (Lipinski definition) is 0. The van der Waals surface area contributed by atoms with Crippen molar-refractivity contribution in [1.82, 2.24) is 15.0 Å². The van der Waals surface area contributed by atoms with Crippen LogP contribution in [-0.4, -0.2) is 26.1 Å². The Morgan fingerprint density at radius 1 is 1.36 bits per heavy atom. The summed E-state index contributed by atoms with van der Waals surface area (Å²) in [4.78, 5) is 15.1. The van der Waals surface area contributed by atoms with Crippen molar-refractivity contribution in [3.63, 3.8) is 0 Å². The Morgan fingerprint density at radius 3 is 3.09 bits per heavy atom. The van der Waals surface area contributed by atoms with Crippen LogP contribution in [0.2, 0.25) is 0 Å². The van der Waals surface area contributed by atoms with Crippen molar-refractivity contribution >= 4 is 32.7 Å². The molecule has 0 amide bonds. The highest BCUT2D eigenvalue weighted by Gasteiger charge is 2.35. The lowest BCUT2D eigenvalue weighted by atomic mass is 9.98. The molecular weight excluding hydrogens is 347 g/mol. The molecule has 1 fully saturated rings. The highest BCUT2D eigenvalue weighted by molar-refractivity contribution is 9.10. The third-order valence-corrected chi connectivity index (χ3v) is 4.63. The maximum atomic E-state index is 14.3. The molecule has 1 saturated heterocycles. The van der Waals surface area contributed by atoms with Gasteiger partial charge in [0.2, 0.25) is 4.58 Å². The summed E-state index contributed by atoms with van der Waals surface area (Å²) in [6, 6.07) is 1.98. The standard InChI is InChI=1S/C16H14BrFN4/c1-10-6-12-13(8-19-10)20-9-21-15(12)22-5-3-11-2-4-16(17,18)7-14(11)22/h2,4,6-9,11H,3,5H2,1H3. The van der Waals surface area contributed by atoms with E-state index in [1.54, 1.807) is 18.3 Å². The molecule has 22 heavy (non-hydrogen) atoms. The first kappa shape index (κ1) is 13.8. The van der Waals surface area contributed by atoms with Crippen LogP contribution in [0, 0.1) is 12.8 Å². The van der Waals surface area contributed by atoms with Crippen LogP contribution < -0.4 is 4.90 Å². The number of aryl methyl sites for hydroxylation is 1. The summed E-state index contributed by atoms with van der Waals surface area (Å²) < 4.78 is 12.7. The molecular formula is C16H14BrFN4. The molecule has 1 aliphatic carbocycles. The molecule has 2 atom stereocenters. The molecule has 0 aromatic carbocycles. The van der Waals surface area contributed by atoms with E-state index in [0.29, 0.717) is 0 Å². The Labute approximate surface area is 135 Å². The predicted molar refractivity (Wildman–Crippen MR) is 87.5 cm³/mol. The highest BCUT2D eigenvalue weighted by Crippen LogP contribution is 2.42. The van der Waals surface area contributed by atoms with Gasteiger partial charge in [0.15, 0.2) is 0 Å². The van der Waals surface area contributed by atoms with Crippen LogP contribution in [0.1, 0.15) is 12.1 Å². The topological polar surface area (TPSA) is 41.9 Å². The largest absolute Gasteiger partial charge is 0.329 e. The van der Waals surface area contributed by atoms with Crippen molar-refractivity contribution in [2.75, 3.05) is 11.4 Å². The maximum absolute atomic E-state index is 14.3. The van der Waals surface area contributed by atoms with Crippen LogP contribution in [0.4, 0.5) is 10.2 Å². The lowest BCUT2D eigenvalue weighted by Gasteiger charge is -2.26. The Bertz CT molecular complexity index is 815. The molecule has 2 aliphatic rings. The van der Waals surface area contributed by atoms with Gasteiger partial charge in [0.25, 0.3) is 0 Å². The normalized spacial score (nSPS) is 27.1. The molecule has 0 radical (unpaired) electrons. The minimum atomic E-state index is -1.58. The van der Waals surface area contributed by atoms with E-state index in [0.717, 1.165) is 41.1 Å². The van der Waals surface area contributed by atoms with Crippen LogP contribution >= 0.6 is 15.9 Å². The molecule has 3 heterocycles. The monoisotopic (exact) mass is 360 g/mol. The lowest BCUT2D eigenvalue weighted by Crippen LogP contribution is -2.24. The number of alkyl halides is 2. The van der Waals surface area contributed by atoms with E-state index in [1.165, 1.54) is 6.33 Å². The van der Waals surface area contributed by atoms with Crippen molar-refractivity contribution in [3.8, 4) is 0 Å². The summed E-state index contributed by atoms with van der Waals surface area (Å²) in [5.41, 5.74) is 2.67. The molecule has 0 N–H and O–H groups in total. The molecule has 1 aliphatic heterocycles. The second-order valence-electron chi connectivity index (χ2n) is 5.69. The molecule has 4 rings (SSSR count). The summed E-state index contributed by atoms with van der Waals surface area (Å²) in [7, 11) is 0. The zero-order valence-electron chi connectivity index (χ0n) is 12.0. The van der Waals surface area contributed by atoms with Crippen LogP contribution in [-0.2, 0) is 0 Å². The number of anilines is 1. The maximum Gasteiger partial charge on any atom is 0.203 e. The smallest absolute Gasteiger partial charge is 0.203 e. The van der Waals surface area contributed by atoms with Gasteiger partial charge in [0.05, 0.1) is 11.7 Å². The van der Waals surface area contributed by atoms with Gasteiger partial charge in [-0.05, 0) is 47.5 Å². The van der Waals surface area contributed by atoms with Gasteiger partial charge in [-0.15, -0.1) is 0 Å². The molecule has 2 unspecified atom stereocenters. The Morgan fingerprint density at radius 2 is 2.23 bits per heavy atom. The number of fused-ring (bicyclic) bond motifs is 2. The fourth-order valence-electron chi connectivity index (χ4n) is 3.11. The zero-order valence-corrected chi connectivity index (χ0v) is 13.6. The number of allylic oxidation sites excluding steroid dienone is 3. The quantitative estimate of drug-likeness (QED) is 0.574. The lowest BCUT2D eigenvalue weighted by molar-refractivity contribution is 0.425. The fourth-order valence-corrected chi connectivity index (χ4v) is 3.50. The number of nitrogens with zero attached hydrogens (tertiary/aromatic N) is 4. The van der Waals surface area contributed by atoms with Crippen LogP contribution in [0.25, 0.3) is 10.9 Å². The van der Waals surface area contributed by atoms with Gasteiger partial charge in [0, 0.05) is 29.2 Å². The van der Waals surface area contributed by atoms with Crippen molar-refractivity contribution in [2.24, 2.45) is 5.92 Å². The summed E-state index contributed by atoms with van der Waals surface area (Å²) in [5, 5.41) is 0.949. The van der Waals surface area contributed by atoms with Crippen molar-refractivity contribution in [2.45, 2.75) is 17.9 Å². The number of aromatic nitrogens is 3. The Kier molecular flexibility index (Phi) is 3.04. The summed E-state index contributed by atoms with van der Waals surface area (Å²) >= 11 is 3.09. The predicted octanol–water partition coefficient (Wildman–Crippen LogP) is 3.67. The number of hydrogen-bond acceptors (Lipinski definition) is 4. The first-order valence-corrected chi connectivity index (χ1v) is 7.98. The van der Waals surface area contributed by atoms with Crippen molar-refractivity contribution in [3.05, 3.63) is 48.2 Å². The van der Waals surface area contributed by atoms with Crippen molar-refractivity contribution in [1.29, 1.82) is 0 Å². The van der Waals surface area contributed by atoms with E-state index < -0.39 is 4.58 Å². The minimum Gasteiger partial charge on any atom is -0.329 e. The molecule has 2 aromatic rings. The van der Waals surface area contributed by atoms with Gasteiger partial charge in [-0.1, -0.05) is 6.08 Å². The Hall–Kier alpha value is -1.82. The zero-order chi connectivity index (χ0) is 15.3. The molecule has 2 aromatic heterocycles. The molecule has 6 heteroatoms. The number of halogens is 2. The van der Waals surface area contributed by atoms with E-state index in [4.69, 9.17) is 0 Å². The van der Waals surface area contributed by atoms with E-state index in [9.17, 15) is 4.39 Å². The van der Waals surface area contributed by atoms with E-state index in [2.05, 4.69) is 35.8 Å². The van der Waals surface area contributed by atoms with E-state index >= 15 is 0 Å². The summed E-state index contributed by atoms with van der Waals surface area (Å²) in [6.07, 6.45) is 9.38. The summed E-state index contributed by atoms with van der Waals surface area (Å²) in [6.45, 7) is 2.76. The minimum absolute atomic E-state index is 0.245. The number of rotatable bonds is 1. The average Bonchev–Trinajstić information content (AvgIpc) is 2.88. The fraction of sp³-hybridized carbons (Fsp3) is 0.312. The summed E-state index contributed by atoms with van der Waals surface area (Å²) in [5.74, 6) is 1.07. The Balaban J connectivity index is 1.86. The van der Waals surface area contributed by atoms with Gasteiger partial charge in [-0.2, -0.15) is 0 Å². The second-order valence-corrected chi connectivity index (χ2v) is 6.91. The van der Waals surface area contributed by atoms with E-state index in [-0.39, 0.29) is 5.92 Å². The third kappa shape index (κ3) is 2.22. The van der Waals surface area contributed by atoms with Crippen LogP contribution in [0.3, 0.4) is 0 Å². The van der Waals surface area contributed by atoms with Gasteiger partial charge in [0.1, 0.15) is 12.1 Å². The first-order valence-electron chi connectivity index (χ1n) is 7.18. The number of pyridine rings is 1. The van der Waals surface area contributed by atoms with Gasteiger partial charge < -0.3 is 4.90 Å². The first-order chi connectivity index (χ1) is 10.5. The SMILES string of the molecule is Cc1cc2c(N3CCC4C=CC(F)(Br)C=C43)ncnc2cn1.